The molecular formula is C13H15F2N3. The molecule has 2 N–H and O–H groups in total. The first-order valence-corrected chi connectivity index (χ1v) is 5.64. The lowest BCUT2D eigenvalue weighted by atomic mass is 9.97. The zero-order valence-electron chi connectivity index (χ0n) is 10.1. The Morgan fingerprint density at radius 1 is 1.33 bits per heavy atom. The predicted molar refractivity (Wildman–Crippen MR) is 65.3 cm³/mol. The van der Waals surface area contributed by atoms with Gasteiger partial charge in [0.05, 0.1) is 12.7 Å². The van der Waals surface area contributed by atoms with Crippen molar-refractivity contribution < 1.29 is 8.78 Å². The number of halogens is 2. The smallest absolute Gasteiger partial charge is 0.260 e. The van der Waals surface area contributed by atoms with Crippen molar-refractivity contribution >= 4 is 0 Å². The summed E-state index contributed by atoms with van der Waals surface area (Å²) in [5.74, 6) is 0. The Balaban J connectivity index is 2.16. The van der Waals surface area contributed by atoms with Crippen LogP contribution in [0.1, 0.15) is 18.1 Å². The molecule has 2 aromatic rings. The first kappa shape index (κ1) is 12.7. The van der Waals surface area contributed by atoms with E-state index in [-0.39, 0.29) is 0 Å². The molecule has 5 heteroatoms. The molecule has 1 aromatic carbocycles. The van der Waals surface area contributed by atoms with Crippen LogP contribution in [0.5, 0.6) is 0 Å². The molecule has 0 aliphatic carbocycles. The van der Waals surface area contributed by atoms with E-state index in [0.717, 1.165) is 5.56 Å². The van der Waals surface area contributed by atoms with Crippen molar-refractivity contribution in [1.29, 1.82) is 0 Å². The van der Waals surface area contributed by atoms with E-state index < -0.39 is 12.0 Å². The van der Waals surface area contributed by atoms with Crippen molar-refractivity contribution in [2.75, 3.05) is 0 Å². The van der Waals surface area contributed by atoms with Gasteiger partial charge in [0.1, 0.15) is 5.54 Å². The van der Waals surface area contributed by atoms with Gasteiger partial charge in [-0.2, -0.15) is 5.10 Å². The number of hydrogen-bond donors (Lipinski definition) is 1. The highest BCUT2D eigenvalue weighted by atomic mass is 19.3. The summed E-state index contributed by atoms with van der Waals surface area (Å²) in [6.45, 7) is 1.85. The van der Waals surface area contributed by atoms with Crippen LogP contribution in [-0.2, 0) is 12.1 Å². The van der Waals surface area contributed by atoms with Crippen molar-refractivity contribution in [1.82, 2.24) is 9.78 Å². The molecule has 0 saturated heterocycles. The third-order valence-electron chi connectivity index (χ3n) is 2.90. The molecule has 0 aliphatic heterocycles. The molecule has 3 nitrogen and oxygen atoms in total. The first-order chi connectivity index (χ1) is 8.50. The summed E-state index contributed by atoms with van der Waals surface area (Å²) in [5.41, 5.74) is 5.33. The Labute approximate surface area is 104 Å². The SMILES string of the molecule is CC(N)(c1cnn(Cc2ccccc2)c1)C(F)F. The molecule has 0 fully saturated rings. The summed E-state index contributed by atoms with van der Waals surface area (Å²) in [7, 11) is 0. The number of nitrogens with two attached hydrogens (primary N) is 1. The number of benzene rings is 1. The van der Waals surface area contributed by atoms with Gasteiger partial charge in [0.15, 0.2) is 0 Å². The summed E-state index contributed by atoms with van der Waals surface area (Å²) < 4.78 is 27.2. The fourth-order valence-electron chi connectivity index (χ4n) is 1.62. The fourth-order valence-corrected chi connectivity index (χ4v) is 1.62. The van der Waals surface area contributed by atoms with Gasteiger partial charge in [-0.05, 0) is 12.5 Å². The molecule has 2 rings (SSSR count). The molecule has 0 amide bonds. The van der Waals surface area contributed by atoms with E-state index in [9.17, 15) is 8.78 Å². The molecule has 18 heavy (non-hydrogen) atoms. The monoisotopic (exact) mass is 251 g/mol. The van der Waals surface area contributed by atoms with Gasteiger partial charge in [-0.15, -0.1) is 0 Å². The van der Waals surface area contributed by atoms with E-state index in [1.54, 1.807) is 10.9 Å². The summed E-state index contributed by atoms with van der Waals surface area (Å²) >= 11 is 0. The molecular weight excluding hydrogens is 236 g/mol. The Bertz CT molecular complexity index is 506. The normalized spacial score (nSPS) is 14.7. The molecule has 1 unspecified atom stereocenters. The molecule has 1 aromatic heterocycles. The van der Waals surface area contributed by atoms with Crippen LogP contribution in [0.4, 0.5) is 8.78 Å². The molecule has 1 atom stereocenters. The minimum atomic E-state index is -2.62. The van der Waals surface area contributed by atoms with Crippen molar-refractivity contribution in [2.24, 2.45) is 5.73 Å². The second-order valence-electron chi connectivity index (χ2n) is 4.50. The summed E-state index contributed by atoms with van der Waals surface area (Å²) in [6, 6.07) is 9.68. The van der Waals surface area contributed by atoms with Gasteiger partial charge in [0.2, 0.25) is 0 Å². The van der Waals surface area contributed by atoms with Crippen molar-refractivity contribution in [3.05, 3.63) is 53.9 Å². The molecule has 96 valence electrons. The van der Waals surface area contributed by atoms with Crippen LogP contribution in [0.15, 0.2) is 42.7 Å². The second-order valence-corrected chi connectivity index (χ2v) is 4.50. The number of rotatable bonds is 4. The number of alkyl halides is 2. The van der Waals surface area contributed by atoms with E-state index in [4.69, 9.17) is 5.73 Å². The quantitative estimate of drug-likeness (QED) is 0.906. The van der Waals surface area contributed by atoms with E-state index >= 15 is 0 Å². The Morgan fingerprint density at radius 3 is 2.61 bits per heavy atom. The molecule has 0 saturated carbocycles. The molecule has 0 radical (unpaired) electrons. The standard InChI is InChI=1S/C13H15F2N3/c1-13(16,12(14)15)11-7-17-18(9-11)8-10-5-3-2-4-6-10/h2-7,9,12H,8,16H2,1H3. The summed E-state index contributed by atoms with van der Waals surface area (Å²) in [4.78, 5) is 0. The first-order valence-electron chi connectivity index (χ1n) is 5.64. The maximum Gasteiger partial charge on any atom is 0.260 e. The second kappa shape index (κ2) is 4.86. The Kier molecular flexibility index (Phi) is 3.43. The largest absolute Gasteiger partial charge is 0.317 e. The van der Waals surface area contributed by atoms with Gasteiger partial charge >= 0.3 is 0 Å². The van der Waals surface area contributed by atoms with Gasteiger partial charge in [-0.3, -0.25) is 4.68 Å². The van der Waals surface area contributed by atoms with Crippen molar-refractivity contribution in [2.45, 2.75) is 25.4 Å². The molecule has 0 aliphatic rings. The Hall–Kier alpha value is -1.75. The van der Waals surface area contributed by atoms with E-state index in [2.05, 4.69) is 5.10 Å². The molecule has 0 spiro atoms. The van der Waals surface area contributed by atoms with E-state index in [1.165, 1.54) is 13.1 Å². The van der Waals surface area contributed by atoms with Crippen molar-refractivity contribution in [3.63, 3.8) is 0 Å². The van der Waals surface area contributed by atoms with Gasteiger partial charge in [-0.1, -0.05) is 30.3 Å². The van der Waals surface area contributed by atoms with Crippen LogP contribution in [0.2, 0.25) is 0 Å². The summed E-state index contributed by atoms with van der Waals surface area (Å²) in [5, 5.41) is 4.06. The van der Waals surface area contributed by atoms with Gasteiger partial charge in [0, 0.05) is 11.8 Å². The van der Waals surface area contributed by atoms with Crippen LogP contribution < -0.4 is 5.73 Å². The van der Waals surface area contributed by atoms with E-state index in [0.29, 0.717) is 12.1 Å². The highest BCUT2D eigenvalue weighted by Gasteiger charge is 2.33. The van der Waals surface area contributed by atoms with Crippen LogP contribution >= 0.6 is 0 Å². The lowest BCUT2D eigenvalue weighted by Gasteiger charge is -2.21. The average molecular weight is 251 g/mol. The fraction of sp³-hybridized carbons (Fsp3) is 0.308. The lowest BCUT2D eigenvalue weighted by molar-refractivity contribution is 0.0625. The van der Waals surface area contributed by atoms with Gasteiger partial charge < -0.3 is 5.73 Å². The maximum absolute atomic E-state index is 12.8. The maximum atomic E-state index is 12.8. The highest BCUT2D eigenvalue weighted by molar-refractivity contribution is 5.19. The van der Waals surface area contributed by atoms with E-state index in [1.807, 2.05) is 30.3 Å². The summed E-state index contributed by atoms with van der Waals surface area (Å²) in [6.07, 6.45) is 0.348. The van der Waals surface area contributed by atoms with Gasteiger partial charge in [-0.25, -0.2) is 8.78 Å². The zero-order valence-corrected chi connectivity index (χ0v) is 10.1. The lowest BCUT2D eigenvalue weighted by Crippen LogP contribution is -2.40. The van der Waals surface area contributed by atoms with Gasteiger partial charge in [0.25, 0.3) is 6.43 Å². The van der Waals surface area contributed by atoms with Crippen LogP contribution in [-0.4, -0.2) is 16.2 Å². The number of aromatic nitrogens is 2. The highest BCUT2D eigenvalue weighted by Crippen LogP contribution is 2.24. The Morgan fingerprint density at radius 2 is 2.00 bits per heavy atom. The van der Waals surface area contributed by atoms with Crippen LogP contribution in [0.3, 0.4) is 0 Å². The zero-order chi connectivity index (χ0) is 13.2. The van der Waals surface area contributed by atoms with Crippen LogP contribution in [0, 0.1) is 0 Å². The third-order valence-corrected chi connectivity index (χ3v) is 2.90. The number of hydrogen-bond acceptors (Lipinski definition) is 2. The third kappa shape index (κ3) is 2.56. The van der Waals surface area contributed by atoms with Crippen LogP contribution in [0.25, 0.3) is 0 Å². The minimum Gasteiger partial charge on any atom is -0.317 e. The topological polar surface area (TPSA) is 43.8 Å². The predicted octanol–water partition coefficient (Wildman–Crippen LogP) is 2.37. The number of nitrogens with zero attached hydrogens (tertiary/aromatic N) is 2. The van der Waals surface area contributed by atoms with Crippen molar-refractivity contribution in [3.8, 4) is 0 Å². The minimum absolute atomic E-state index is 0.341. The average Bonchev–Trinajstić information content (AvgIpc) is 2.79. The molecule has 1 heterocycles. The molecule has 0 bridgehead atoms.